The molecule has 0 saturated heterocycles. The van der Waals surface area contributed by atoms with Crippen LogP contribution in [-0.4, -0.2) is 12.0 Å². The number of halogens is 1. The number of nitrogen functional groups attached to an aromatic ring is 1. The van der Waals surface area contributed by atoms with E-state index in [0.29, 0.717) is 17.9 Å². The van der Waals surface area contributed by atoms with Crippen molar-refractivity contribution in [1.29, 1.82) is 0 Å². The summed E-state index contributed by atoms with van der Waals surface area (Å²) in [5.41, 5.74) is 7.07. The molecule has 0 aliphatic rings. The summed E-state index contributed by atoms with van der Waals surface area (Å²) in [5.74, 6) is -0.337. The molecule has 2 aromatic rings. The second-order valence-corrected chi connectivity index (χ2v) is 5.06. The van der Waals surface area contributed by atoms with Gasteiger partial charge in [0, 0.05) is 5.69 Å². The lowest BCUT2D eigenvalue weighted by Crippen LogP contribution is -2.32. The summed E-state index contributed by atoms with van der Waals surface area (Å²) in [6.07, 6.45) is -0.244. The fourth-order valence-electron chi connectivity index (χ4n) is 2.03. The van der Waals surface area contributed by atoms with Crippen molar-refractivity contribution in [3.63, 3.8) is 0 Å². The van der Waals surface area contributed by atoms with Crippen LogP contribution in [0, 0.1) is 12.7 Å². The molecular weight excluding hydrogens is 283 g/mol. The van der Waals surface area contributed by atoms with E-state index in [0.717, 1.165) is 5.56 Å². The van der Waals surface area contributed by atoms with E-state index in [-0.39, 0.29) is 5.69 Å². The lowest BCUT2D eigenvalue weighted by atomic mass is 10.2. The predicted molar refractivity (Wildman–Crippen MR) is 85.3 cm³/mol. The number of nitrogens with two attached hydrogens (primary N) is 1. The first-order chi connectivity index (χ1) is 10.5. The highest BCUT2D eigenvalue weighted by molar-refractivity contribution is 5.94. The van der Waals surface area contributed by atoms with Crippen molar-refractivity contribution in [3.8, 4) is 5.75 Å². The highest BCUT2D eigenvalue weighted by Gasteiger charge is 2.20. The molecular formula is C17H19FN2O2. The first-order valence-electron chi connectivity index (χ1n) is 7.09. The Hall–Kier alpha value is -2.56. The van der Waals surface area contributed by atoms with Crippen LogP contribution < -0.4 is 15.8 Å². The molecule has 0 heterocycles. The van der Waals surface area contributed by atoms with E-state index in [4.69, 9.17) is 10.5 Å². The van der Waals surface area contributed by atoms with Crippen LogP contribution in [0.5, 0.6) is 5.75 Å². The summed E-state index contributed by atoms with van der Waals surface area (Å²) in [6.45, 7) is 3.77. The molecule has 0 aliphatic heterocycles. The van der Waals surface area contributed by atoms with Crippen molar-refractivity contribution in [3.05, 3.63) is 53.8 Å². The fourth-order valence-corrected chi connectivity index (χ4v) is 2.03. The van der Waals surface area contributed by atoms with E-state index in [1.807, 2.05) is 32.0 Å². The number of benzene rings is 2. The minimum absolute atomic E-state index is 0.0521. The third kappa shape index (κ3) is 3.97. The highest BCUT2D eigenvalue weighted by atomic mass is 19.1. The molecule has 0 aromatic heterocycles. The maximum Gasteiger partial charge on any atom is 0.265 e. The SMILES string of the molecule is CCC(Oc1cccc(C)c1)C(=O)Nc1cc(N)ccc1F. The Morgan fingerprint density at radius 3 is 2.77 bits per heavy atom. The molecule has 0 spiro atoms. The average molecular weight is 302 g/mol. The zero-order valence-electron chi connectivity index (χ0n) is 12.6. The monoisotopic (exact) mass is 302 g/mol. The first kappa shape index (κ1) is 15.8. The van der Waals surface area contributed by atoms with Crippen LogP contribution in [-0.2, 0) is 4.79 Å². The molecule has 0 aliphatic carbocycles. The fraction of sp³-hybridized carbons (Fsp3) is 0.235. The predicted octanol–water partition coefficient (Wildman–Crippen LogP) is 3.51. The van der Waals surface area contributed by atoms with Crippen LogP contribution in [0.3, 0.4) is 0 Å². The maximum atomic E-state index is 13.7. The van der Waals surface area contributed by atoms with Gasteiger partial charge >= 0.3 is 0 Å². The van der Waals surface area contributed by atoms with Gasteiger partial charge in [-0.05, 0) is 49.2 Å². The molecule has 22 heavy (non-hydrogen) atoms. The van der Waals surface area contributed by atoms with Crippen LogP contribution >= 0.6 is 0 Å². The zero-order chi connectivity index (χ0) is 16.1. The van der Waals surface area contributed by atoms with E-state index in [1.165, 1.54) is 18.2 Å². The third-order valence-electron chi connectivity index (χ3n) is 3.18. The Morgan fingerprint density at radius 1 is 1.32 bits per heavy atom. The van der Waals surface area contributed by atoms with E-state index >= 15 is 0 Å². The molecule has 1 amide bonds. The van der Waals surface area contributed by atoms with Crippen LogP contribution in [0.1, 0.15) is 18.9 Å². The van der Waals surface area contributed by atoms with Gasteiger partial charge in [-0.25, -0.2) is 4.39 Å². The van der Waals surface area contributed by atoms with Crippen molar-refractivity contribution in [2.75, 3.05) is 11.1 Å². The topological polar surface area (TPSA) is 64.3 Å². The van der Waals surface area contributed by atoms with Crippen molar-refractivity contribution >= 4 is 17.3 Å². The number of aryl methyl sites for hydroxylation is 1. The maximum absolute atomic E-state index is 13.7. The number of anilines is 2. The summed E-state index contributed by atoms with van der Waals surface area (Å²) in [5, 5.41) is 2.52. The van der Waals surface area contributed by atoms with Crippen LogP contribution in [0.25, 0.3) is 0 Å². The lowest BCUT2D eigenvalue weighted by Gasteiger charge is -2.18. The zero-order valence-corrected chi connectivity index (χ0v) is 12.6. The molecule has 0 fully saturated rings. The summed E-state index contributed by atoms with van der Waals surface area (Å²) in [4.78, 5) is 12.3. The normalized spacial score (nSPS) is 11.8. The van der Waals surface area contributed by atoms with Gasteiger partial charge in [-0.3, -0.25) is 4.79 Å². The molecule has 2 rings (SSSR count). The van der Waals surface area contributed by atoms with Crippen LogP contribution in [0.2, 0.25) is 0 Å². The average Bonchev–Trinajstić information content (AvgIpc) is 2.48. The van der Waals surface area contributed by atoms with Gasteiger partial charge in [0.1, 0.15) is 11.6 Å². The van der Waals surface area contributed by atoms with E-state index in [2.05, 4.69) is 5.32 Å². The number of carbonyl (C=O) groups excluding carboxylic acids is 1. The largest absolute Gasteiger partial charge is 0.481 e. The van der Waals surface area contributed by atoms with Gasteiger partial charge in [0.25, 0.3) is 5.91 Å². The summed E-state index contributed by atoms with van der Waals surface area (Å²) in [6, 6.07) is 11.5. The molecule has 0 bridgehead atoms. The molecule has 2 aromatic carbocycles. The number of amides is 1. The molecule has 0 saturated carbocycles. The molecule has 116 valence electrons. The minimum Gasteiger partial charge on any atom is -0.481 e. The van der Waals surface area contributed by atoms with Crippen LogP contribution in [0.15, 0.2) is 42.5 Å². The van der Waals surface area contributed by atoms with E-state index in [1.54, 1.807) is 6.07 Å². The number of ether oxygens (including phenoxy) is 1. The quantitative estimate of drug-likeness (QED) is 0.831. The molecule has 3 N–H and O–H groups in total. The van der Waals surface area contributed by atoms with Crippen molar-refractivity contribution < 1.29 is 13.9 Å². The first-order valence-corrected chi connectivity index (χ1v) is 7.09. The van der Waals surface area contributed by atoms with Gasteiger partial charge in [-0.2, -0.15) is 0 Å². The number of nitrogens with one attached hydrogen (secondary N) is 1. The van der Waals surface area contributed by atoms with Crippen molar-refractivity contribution in [2.24, 2.45) is 0 Å². The summed E-state index contributed by atoms with van der Waals surface area (Å²) in [7, 11) is 0. The van der Waals surface area contributed by atoms with Gasteiger partial charge in [-0.15, -0.1) is 0 Å². The number of hydrogen-bond donors (Lipinski definition) is 2. The number of hydrogen-bond acceptors (Lipinski definition) is 3. The van der Waals surface area contributed by atoms with Gasteiger partial charge in [0.15, 0.2) is 6.10 Å². The molecule has 5 heteroatoms. The Bertz CT molecular complexity index is 673. The highest BCUT2D eigenvalue weighted by Crippen LogP contribution is 2.20. The van der Waals surface area contributed by atoms with Crippen molar-refractivity contribution in [2.45, 2.75) is 26.4 Å². The Morgan fingerprint density at radius 2 is 2.09 bits per heavy atom. The Balaban J connectivity index is 2.10. The standard InChI is InChI=1S/C17H19FN2O2/c1-3-16(22-13-6-4-5-11(2)9-13)17(21)20-15-10-12(19)7-8-14(15)18/h4-10,16H,3,19H2,1-2H3,(H,20,21). The summed E-state index contributed by atoms with van der Waals surface area (Å²) < 4.78 is 19.3. The smallest absolute Gasteiger partial charge is 0.265 e. The second-order valence-electron chi connectivity index (χ2n) is 5.06. The molecule has 4 nitrogen and oxygen atoms in total. The van der Waals surface area contributed by atoms with Gasteiger partial charge in [-0.1, -0.05) is 19.1 Å². The number of rotatable bonds is 5. The lowest BCUT2D eigenvalue weighted by molar-refractivity contribution is -0.122. The van der Waals surface area contributed by atoms with Gasteiger partial charge < -0.3 is 15.8 Å². The second kappa shape index (κ2) is 6.93. The Kier molecular flexibility index (Phi) is 4.99. The molecule has 1 unspecified atom stereocenters. The minimum atomic E-state index is -0.706. The van der Waals surface area contributed by atoms with Gasteiger partial charge in [0.2, 0.25) is 0 Å². The molecule has 0 radical (unpaired) electrons. The Labute approximate surface area is 129 Å². The third-order valence-corrected chi connectivity index (χ3v) is 3.18. The van der Waals surface area contributed by atoms with Crippen molar-refractivity contribution in [1.82, 2.24) is 0 Å². The van der Waals surface area contributed by atoms with Gasteiger partial charge in [0.05, 0.1) is 5.69 Å². The summed E-state index contributed by atoms with van der Waals surface area (Å²) >= 11 is 0. The van der Waals surface area contributed by atoms with Crippen LogP contribution in [0.4, 0.5) is 15.8 Å². The van der Waals surface area contributed by atoms with E-state index in [9.17, 15) is 9.18 Å². The van der Waals surface area contributed by atoms with E-state index < -0.39 is 17.8 Å². The number of carbonyl (C=O) groups is 1. The molecule has 1 atom stereocenters.